The van der Waals surface area contributed by atoms with Crippen molar-refractivity contribution in [2.45, 2.75) is 47.3 Å². The van der Waals surface area contributed by atoms with Crippen molar-refractivity contribution in [2.24, 2.45) is 4.99 Å². The molecule has 1 aromatic heterocycles. The molecule has 6 nitrogen and oxygen atoms in total. The molecule has 1 aromatic carbocycles. The molecule has 0 bridgehead atoms. The van der Waals surface area contributed by atoms with Crippen molar-refractivity contribution in [2.75, 3.05) is 19.7 Å². The lowest BCUT2D eigenvalue weighted by molar-refractivity contribution is -0.0520. The van der Waals surface area contributed by atoms with Gasteiger partial charge in [-0.1, -0.05) is 12.1 Å². The number of aromatic nitrogens is 1. The van der Waals surface area contributed by atoms with Gasteiger partial charge in [-0.3, -0.25) is 0 Å². The molecule has 30 heavy (non-hydrogen) atoms. The quantitative estimate of drug-likeness (QED) is 0.254. The molecule has 10 heteroatoms. The van der Waals surface area contributed by atoms with E-state index < -0.39 is 6.61 Å². The van der Waals surface area contributed by atoms with Gasteiger partial charge in [0.15, 0.2) is 17.5 Å². The molecule has 0 radical (unpaired) electrons. The number of hydrogen-bond acceptors (Lipinski definition) is 5. The van der Waals surface area contributed by atoms with E-state index in [2.05, 4.69) is 20.6 Å². The summed E-state index contributed by atoms with van der Waals surface area (Å²) in [5.74, 6) is 0.922. The standard InChI is InChI=1S/C20H28F2N4O2S.HI/c1-5-23-20(24-11-10-17-13(3)26-14(4)29-17)25-12-15-8-7-9-16(27-6-2)18(15)28-19(21)22;/h7-9,19H,5-6,10-12H2,1-4H3,(H2,23,24,25);1H. The Labute approximate surface area is 197 Å². The van der Waals surface area contributed by atoms with Crippen LogP contribution in [0, 0.1) is 13.8 Å². The zero-order chi connectivity index (χ0) is 21.2. The van der Waals surface area contributed by atoms with Crippen molar-refractivity contribution >= 4 is 41.3 Å². The number of thiazole rings is 1. The predicted molar refractivity (Wildman–Crippen MR) is 128 cm³/mol. The highest BCUT2D eigenvalue weighted by molar-refractivity contribution is 14.0. The van der Waals surface area contributed by atoms with E-state index in [1.807, 2.05) is 20.8 Å². The van der Waals surface area contributed by atoms with Gasteiger partial charge in [-0.2, -0.15) is 8.78 Å². The molecule has 2 rings (SSSR count). The largest absolute Gasteiger partial charge is 0.490 e. The SMILES string of the molecule is CCNC(=NCc1cccc(OCC)c1OC(F)F)NCCc1sc(C)nc1C.I. The minimum absolute atomic E-state index is 0. The summed E-state index contributed by atoms with van der Waals surface area (Å²) in [7, 11) is 0. The second-order valence-corrected chi connectivity index (χ2v) is 7.46. The molecule has 0 aliphatic carbocycles. The molecule has 2 N–H and O–H groups in total. The van der Waals surface area contributed by atoms with Gasteiger partial charge in [0, 0.05) is 30.0 Å². The first-order valence-electron chi connectivity index (χ1n) is 9.59. The van der Waals surface area contributed by atoms with E-state index in [-0.39, 0.29) is 42.0 Å². The summed E-state index contributed by atoms with van der Waals surface area (Å²) in [4.78, 5) is 10.2. The molecule has 2 aromatic rings. The van der Waals surface area contributed by atoms with Crippen LogP contribution in [0.25, 0.3) is 0 Å². The summed E-state index contributed by atoms with van der Waals surface area (Å²) in [6.07, 6.45) is 0.835. The van der Waals surface area contributed by atoms with Gasteiger partial charge >= 0.3 is 6.61 Å². The van der Waals surface area contributed by atoms with Crippen LogP contribution in [0.2, 0.25) is 0 Å². The molecule has 0 amide bonds. The van der Waals surface area contributed by atoms with Crippen molar-refractivity contribution in [3.63, 3.8) is 0 Å². The van der Waals surface area contributed by atoms with Gasteiger partial charge in [0.2, 0.25) is 0 Å². The van der Waals surface area contributed by atoms with Crippen LogP contribution in [0.15, 0.2) is 23.2 Å². The molecule has 0 saturated carbocycles. The zero-order valence-corrected chi connectivity index (χ0v) is 20.8. The monoisotopic (exact) mass is 554 g/mol. The molecule has 0 fully saturated rings. The second-order valence-electron chi connectivity index (χ2n) is 6.17. The van der Waals surface area contributed by atoms with Crippen LogP contribution < -0.4 is 20.1 Å². The smallest absolute Gasteiger partial charge is 0.387 e. The van der Waals surface area contributed by atoms with Gasteiger partial charge in [-0.05, 0) is 33.8 Å². The topological polar surface area (TPSA) is 67.8 Å². The Hall–Kier alpha value is -1.69. The van der Waals surface area contributed by atoms with Crippen LogP contribution in [0.1, 0.15) is 35.0 Å². The highest BCUT2D eigenvalue weighted by Gasteiger charge is 2.15. The second kappa shape index (κ2) is 13.6. The number of alkyl halides is 2. The van der Waals surface area contributed by atoms with Gasteiger partial charge in [0.1, 0.15) is 0 Å². The molecular weight excluding hydrogens is 525 g/mol. The number of nitrogens with zero attached hydrogens (tertiary/aromatic N) is 2. The molecule has 0 spiro atoms. The summed E-state index contributed by atoms with van der Waals surface area (Å²) in [5.41, 5.74) is 1.58. The van der Waals surface area contributed by atoms with Crippen molar-refractivity contribution in [3.8, 4) is 11.5 Å². The Morgan fingerprint density at radius 3 is 2.60 bits per heavy atom. The van der Waals surface area contributed by atoms with Gasteiger partial charge in [-0.25, -0.2) is 9.98 Å². The average molecular weight is 554 g/mol. The zero-order valence-electron chi connectivity index (χ0n) is 17.6. The van der Waals surface area contributed by atoms with Gasteiger partial charge < -0.3 is 20.1 Å². The number of ether oxygens (including phenoxy) is 2. The Bertz CT molecular complexity index is 818. The number of benzene rings is 1. The van der Waals surface area contributed by atoms with Crippen molar-refractivity contribution in [3.05, 3.63) is 39.3 Å². The Balaban J connectivity index is 0.00000450. The maximum absolute atomic E-state index is 12.9. The Morgan fingerprint density at radius 2 is 2.00 bits per heavy atom. The summed E-state index contributed by atoms with van der Waals surface area (Å²) >= 11 is 1.69. The average Bonchev–Trinajstić information content (AvgIpc) is 2.98. The maximum atomic E-state index is 12.9. The van der Waals surface area contributed by atoms with Crippen LogP contribution >= 0.6 is 35.3 Å². The van der Waals surface area contributed by atoms with Crippen LogP contribution in [0.5, 0.6) is 11.5 Å². The first kappa shape index (κ1) is 26.3. The van der Waals surface area contributed by atoms with Gasteiger partial charge in [0.05, 0.1) is 23.9 Å². The fourth-order valence-corrected chi connectivity index (χ4v) is 3.72. The van der Waals surface area contributed by atoms with Crippen molar-refractivity contribution in [1.29, 1.82) is 0 Å². The van der Waals surface area contributed by atoms with Crippen LogP contribution in [0.4, 0.5) is 8.78 Å². The molecule has 0 aliphatic rings. The number of halogens is 3. The first-order chi connectivity index (χ1) is 13.9. The maximum Gasteiger partial charge on any atom is 0.387 e. The van der Waals surface area contributed by atoms with E-state index in [0.717, 1.165) is 17.1 Å². The molecule has 0 saturated heterocycles. The number of nitrogens with one attached hydrogen (secondary N) is 2. The molecule has 0 atom stereocenters. The fraction of sp³-hybridized carbons (Fsp3) is 0.500. The van der Waals surface area contributed by atoms with Crippen LogP contribution in [-0.2, 0) is 13.0 Å². The van der Waals surface area contributed by atoms with E-state index in [1.54, 1.807) is 36.5 Å². The van der Waals surface area contributed by atoms with E-state index in [4.69, 9.17) is 9.47 Å². The number of hydrogen-bond donors (Lipinski definition) is 2. The lowest BCUT2D eigenvalue weighted by Gasteiger charge is -2.15. The lowest BCUT2D eigenvalue weighted by atomic mass is 10.2. The minimum atomic E-state index is -2.93. The predicted octanol–water partition coefficient (Wildman–Crippen LogP) is 4.68. The van der Waals surface area contributed by atoms with Crippen molar-refractivity contribution in [1.82, 2.24) is 15.6 Å². The molecule has 1 heterocycles. The van der Waals surface area contributed by atoms with E-state index in [0.29, 0.717) is 31.2 Å². The fourth-order valence-electron chi connectivity index (χ4n) is 2.78. The minimum Gasteiger partial charge on any atom is -0.490 e. The number of aryl methyl sites for hydroxylation is 2. The lowest BCUT2D eigenvalue weighted by Crippen LogP contribution is -2.38. The van der Waals surface area contributed by atoms with E-state index >= 15 is 0 Å². The van der Waals surface area contributed by atoms with Gasteiger partial charge in [-0.15, -0.1) is 35.3 Å². The normalized spacial score (nSPS) is 11.2. The van der Waals surface area contributed by atoms with Crippen LogP contribution in [0.3, 0.4) is 0 Å². The third-order valence-electron chi connectivity index (χ3n) is 3.96. The Morgan fingerprint density at radius 1 is 1.23 bits per heavy atom. The number of rotatable bonds is 10. The summed E-state index contributed by atoms with van der Waals surface area (Å²) < 4.78 is 35.8. The van der Waals surface area contributed by atoms with E-state index in [1.165, 1.54) is 4.88 Å². The Kier molecular flexibility index (Phi) is 11.9. The summed E-state index contributed by atoms with van der Waals surface area (Å²) in [5, 5.41) is 7.49. The number of para-hydroxylation sites is 1. The summed E-state index contributed by atoms with van der Waals surface area (Å²) in [6, 6.07) is 5.05. The molecular formula is C20H29F2IN4O2S. The van der Waals surface area contributed by atoms with Crippen LogP contribution in [-0.4, -0.2) is 37.3 Å². The van der Waals surface area contributed by atoms with E-state index in [9.17, 15) is 8.78 Å². The highest BCUT2D eigenvalue weighted by Crippen LogP contribution is 2.33. The third-order valence-corrected chi connectivity index (χ3v) is 5.10. The van der Waals surface area contributed by atoms with Gasteiger partial charge in [0.25, 0.3) is 0 Å². The first-order valence-corrected chi connectivity index (χ1v) is 10.4. The summed E-state index contributed by atoms with van der Waals surface area (Å²) in [6.45, 7) is 6.73. The molecule has 0 aliphatic heterocycles. The highest BCUT2D eigenvalue weighted by atomic mass is 127. The number of aliphatic imine (C=N–C) groups is 1. The van der Waals surface area contributed by atoms with Crippen molar-refractivity contribution < 1.29 is 18.3 Å². The molecule has 0 unspecified atom stereocenters. The molecule has 168 valence electrons. The number of guanidine groups is 1. The third kappa shape index (κ3) is 8.21.